The number of nitrogen functional groups attached to an aromatic ring is 1. The summed E-state index contributed by atoms with van der Waals surface area (Å²) >= 11 is 0. The highest BCUT2D eigenvalue weighted by atomic mass is 16.1. The topological polar surface area (TPSA) is 58.4 Å². The molecule has 0 saturated carbocycles. The summed E-state index contributed by atoms with van der Waals surface area (Å²) in [5.74, 6) is -0.0739. The SMILES string of the molecule is CC(CCNC(=O)c1cccc(N)c1)N(C)Cc1ccccc1. The quantitative estimate of drug-likeness (QED) is 0.773. The maximum atomic E-state index is 12.1. The van der Waals surface area contributed by atoms with Crippen LogP contribution in [0, 0.1) is 0 Å². The van der Waals surface area contributed by atoms with Crippen LogP contribution < -0.4 is 11.1 Å². The number of nitrogens with one attached hydrogen (secondary N) is 1. The molecule has 1 unspecified atom stereocenters. The molecule has 0 aliphatic carbocycles. The molecular formula is C19H25N3O. The van der Waals surface area contributed by atoms with Crippen LogP contribution in [0.2, 0.25) is 0 Å². The number of nitrogens with two attached hydrogens (primary N) is 1. The molecule has 0 fully saturated rings. The highest BCUT2D eigenvalue weighted by molar-refractivity contribution is 5.94. The number of amides is 1. The van der Waals surface area contributed by atoms with Gasteiger partial charge in [-0.2, -0.15) is 0 Å². The van der Waals surface area contributed by atoms with Crippen LogP contribution in [0.5, 0.6) is 0 Å². The minimum absolute atomic E-state index is 0.0739. The molecule has 2 aromatic rings. The molecule has 0 aromatic heterocycles. The first-order valence-electron chi connectivity index (χ1n) is 7.94. The van der Waals surface area contributed by atoms with Gasteiger partial charge in [-0.15, -0.1) is 0 Å². The van der Waals surface area contributed by atoms with Gasteiger partial charge in [-0.25, -0.2) is 0 Å². The van der Waals surface area contributed by atoms with E-state index in [0.717, 1.165) is 13.0 Å². The Balaban J connectivity index is 1.75. The number of carbonyl (C=O) groups excluding carboxylic acids is 1. The zero-order valence-corrected chi connectivity index (χ0v) is 13.8. The van der Waals surface area contributed by atoms with Crippen LogP contribution in [0.1, 0.15) is 29.3 Å². The van der Waals surface area contributed by atoms with Gasteiger partial charge >= 0.3 is 0 Å². The second-order valence-corrected chi connectivity index (χ2v) is 5.92. The number of carbonyl (C=O) groups is 1. The molecule has 0 aliphatic rings. The van der Waals surface area contributed by atoms with Crippen molar-refractivity contribution in [3.63, 3.8) is 0 Å². The van der Waals surface area contributed by atoms with Gasteiger partial charge in [0.05, 0.1) is 0 Å². The number of hydrogen-bond acceptors (Lipinski definition) is 3. The molecule has 0 saturated heterocycles. The molecule has 122 valence electrons. The van der Waals surface area contributed by atoms with Crippen LogP contribution in [-0.2, 0) is 6.54 Å². The number of anilines is 1. The average molecular weight is 311 g/mol. The number of hydrogen-bond donors (Lipinski definition) is 2. The molecule has 0 bridgehead atoms. The molecule has 0 heterocycles. The van der Waals surface area contributed by atoms with Crippen molar-refractivity contribution in [3.05, 3.63) is 65.7 Å². The van der Waals surface area contributed by atoms with Crippen LogP contribution in [-0.4, -0.2) is 30.4 Å². The fraction of sp³-hybridized carbons (Fsp3) is 0.316. The van der Waals surface area contributed by atoms with Crippen molar-refractivity contribution >= 4 is 11.6 Å². The predicted molar refractivity (Wildman–Crippen MR) is 95.2 cm³/mol. The first-order chi connectivity index (χ1) is 11.1. The molecule has 4 nitrogen and oxygen atoms in total. The maximum Gasteiger partial charge on any atom is 0.251 e. The maximum absolute atomic E-state index is 12.1. The highest BCUT2D eigenvalue weighted by Crippen LogP contribution is 2.09. The molecular weight excluding hydrogens is 286 g/mol. The molecule has 0 spiro atoms. The molecule has 0 radical (unpaired) electrons. The fourth-order valence-corrected chi connectivity index (χ4v) is 2.42. The minimum Gasteiger partial charge on any atom is -0.399 e. The molecule has 3 N–H and O–H groups in total. The molecule has 0 aliphatic heterocycles. The first kappa shape index (κ1) is 17.0. The first-order valence-corrected chi connectivity index (χ1v) is 7.94. The molecule has 4 heteroatoms. The van der Waals surface area contributed by atoms with Crippen molar-refractivity contribution in [2.45, 2.75) is 25.9 Å². The van der Waals surface area contributed by atoms with E-state index >= 15 is 0 Å². The Morgan fingerprint density at radius 1 is 1.17 bits per heavy atom. The van der Waals surface area contributed by atoms with Crippen molar-refractivity contribution in [3.8, 4) is 0 Å². The highest BCUT2D eigenvalue weighted by Gasteiger charge is 2.11. The van der Waals surface area contributed by atoms with Crippen LogP contribution in [0.3, 0.4) is 0 Å². The normalized spacial score (nSPS) is 12.1. The molecule has 2 aromatic carbocycles. The van der Waals surface area contributed by atoms with E-state index in [2.05, 4.69) is 48.5 Å². The van der Waals surface area contributed by atoms with Gasteiger partial charge in [-0.1, -0.05) is 36.4 Å². The summed E-state index contributed by atoms with van der Waals surface area (Å²) in [6.45, 7) is 3.73. The Bertz CT molecular complexity index is 628. The lowest BCUT2D eigenvalue weighted by atomic mass is 10.1. The summed E-state index contributed by atoms with van der Waals surface area (Å²) in [7, 11) is 2.11. The predicted octanol–water partition coefficient (Wildman–Crippen LogP) is 2.91. The van der Waals surface area contributed by atoms with Crippen LogP contribution in [0.4, 0.5) is 5.69 Å². The Kier molecular flexibility index (Phi) is 6.18. The lowest BCUT2D eigenvalue weighted by Gasteiger charge is -2.25. The van der Waals surface area contributed by atoms with E-state index in [-0.39, 0.29) is 5.91 Å². The van der Waals surface area contributed by atoms with E-state index in [1.165, 1.54) is 5.56 Å². The zero-order valence-electron chi connectivity index (χ0n) is 13.8. The molecule has 1 amide bonds. The number of benzene rings is 2. The average Bonchev–Trinajstić information content (AvgIpc) is 2.55. The van der Waals surface area contributed by atoms with Crippen molar-refractivity contribution in [1.82, 2.24) is 10.2 Å². The van der Waals surface area contributed by atoms with E-state index in [0.29, 0.717) is 23.8 Å². The van der Waals surface area contributed by atoms with E-state index < -0.39 is 0 Å². The smallest absolute Gasteiger partial charge is 0.251 e. The summed E-state index contributed by atoms with van der Waals surface area (Å²) in [5, 5.41) is 2.95. The Morgan fingerprint density at radius 2 is 1.91 bits per heavy atom. The van der Waals surface area contributed by atoms with Crippen LogP contribution >= 0.6 is 0 Å². The van der Waals surface area contributed by atoms with Gasteiger partial charge in [0.15, 0.2) is 0 Å². The molecule has 1 atom stereocenters. The number of nitrogens with zero attached hydrogens (tertiary/aromatic N) is 1. The number of rotatable bonds is 7. The Labute approximate surface area is 138 Å². The zero-order chi connectivity index (χ0) is 16.7. The van der Waals surface area contributed by atoms with Crippen molar-refractivity contribution < 1.29 is 4.79 Å². The van der Waals surface area contributed by atoms with E-state index in [4.69, 9.17) is 5.73 Å². The second kappa shape index (κ2) is 8.34. The van der Waals surface area contributed by atoms with Gasteiger partial charge in [-0.3, -0.25) is 9.69 Å². The van der Waals surface area contributed by atoms with E-state index in [9.17, 15) is 4.79 Å². The summed E-state index contributed by atoms with van der Waals surface area (Å²) in [6.07, 6.45) is 0.900. The summed E-state index contributed by atoms with van der Waals surface area (Å²) in [5.41, 5.74) is 8.21. The molecule has 2 rings (SSSR count). The summed E-state index contributed by atoms with van der Waals surface area (Å²) in [6, 6.07) is 17.8. The van der Waals surface area contributed by atoms with Crippen molar-refractivity contribution in [2.24, 2.45) is 0 Å². The van der Waals surface area contributed by atoms with Crippen LogP contribution in [0.25, 0.3) is 0 Å². The van der Waals surface area contributed by atoms with E-state index in [1.54, 1.807) is 24.3 Å². The van der Waals surface area contributed by atoms with Gasteiger partial charge in [0.1, 0.15) is 0 Å². The monoisotopic (exact) mass is 311 g/mol. The van der Waals surface area contributed by atoms with Gasteiger partial charge in [0.2, 0.25) is 0 Å². The Hall–Kier alpha value is -2.33. The lowest BCUT2D eigenvalue weighted by Crippen LogP contribution is -2.33. The van der Waals surface area contributed by atoms with Gasteiger partial charge in [0, 0.05) is 30.4 Å². The van der Waals surface area contributed by atoms with Crippen LogP contribution in [0.15, 0.2) is 54.6 Å². The standard InChI is InChI=1S/C19H25N3O/c1-15(22(2)14-16-7-4-3-5-8-16)11-12-21-19(23)17-9-6-10-18(20)13-17/h3-10,13,15H,11-12,14,20H2,1-2H3,(H,21,23). The Morgan fingerprint density at radius 3 is 2.61 bits per heavy atom. The van der Waals surface area contributed by atoms with Gasteiger partial charge < -0.3 is 11.1 Å². The van der Waals surface area contributed by atoms with Crippen molar-refractivity contribution in [2.75, 3.05) is 19.3 Å². The summed E-state index contributed by atoms with van der Waals surface area (Å²) < 4.78 is 0. The largest absolute Gasteiger partial charge is 0.399 e. The fourth-order valence-electron chi connectivity index (χ4n) is 2.42. The van der Waals surface area contributed by atoms with E-state index in [1.807, 2.05) is 6.07 Å². The second-order valence-electron chi connectivity index (χ2n) is 5.92. The third kappa shape index (κ3) is 5.42. The summed E-state index contributed by atoms with van der Waals surface area (Å²) in [4.78, 5) is 14.4. The third-order valence-electron chi connectivity index (χ3n) is 4.02. The van der Waals surface area contributed by atoms with Crippen molar-refractivity contribution in [1.29, 1.82) is 0 Å². The minimum atomic E-state index is -0.0739. The van der Waals surface area contributed by atoms with Gasteiger partial charge in [0.25, 0.3) is 5.91 Å². The third-order valence-corrected chi connectivity index (χ3v) is 4.02. The van der Waals surface area contributed by atoms with Gasteiger partial charge in [-0.05, 0) is 44.2 Å². The lowest BCUT2D eigenvalue weighted by molar-refractivity contribution is 0.0949. The molecule has 23 heavy (non-hydrogen) atoms.